The number of ether oxygens (including phenoxy) is 1. The van der Waals surface area contributed by atoms with Gasteiger partial charge in [-0.15, -0.1) is 5.10 Å². The summed E-state index contributed by atoms with van der Waals surface area (Å²) >= 11 is 0. The van der Waals surface area contributed by atoms with Crippen LogP contribution in [0.3, 0.4) is 0 Å². The van der Waals surface area contributed by atoms with Gasteiger partial charge in [0.2, 0.25) is 0 Å². The molecule has 0 radical (unpaired) electrons. The number of hydrogen-bond donors (Lipinski definition) is 1. The molecular formula is C18H22N6O2. The van der Waals surface area contributed by atoms with Crippen LogP contribution in [0.15, 0.2) is 43.0 Å². The zero-order valence-electron chi connectivity index (χ0n) is 14.9. The molecule has 1 aromatic carbocycles. The van der Waals surface area contributed by atoms with Gasteiger partial charge in [0, 0.05) is 25.5 Å². The quantitative estimate of drug-likeness (QED) is 0.625. The lowest BCUT2D eigenvalue weighted by Gasteiger charge is -2.09. The first kappa shape index (κ1) is 17.7. The molecule has 136 valence electrons. The maximum atomic E-state index is 12.6. The van der Waals surface area contributed by atoms with Crippen molar-refractivity contribution in [2.45, 2.75) is 26.8 Å². The van der Waals surface area contributed by atoms with E-state index in [9.17, 15) is 4.79 Å². The molecule has 2 heterocycles. The Bertz CT molecular complexity index is 839. The van der Waals surface area contributed by atoms with Crippen LogP contribution >= 0.6 is 0 Å². The summed E-state index contributed by atoms with van der Waals surface area (Å²) < 4.78 is 8.97. The number of nitrogens with zero attached hydrogens (tertiary/aromatic N) is 5. The second-order valence-corrected chi connectivity index (χ2v) is 5.77. The number of hydrogen-bond acceptors (Lipinski definition) is 5. The Hall–Kier alpha value is -3.16. The molecule has 2 aromatic heterocycles. The van der Waals surface area contributed by atoms with E-state index in [0.717, 1.165) is 24.4 Å². The summed E-state index contributed by atoms with van der Waals surface area (Å²) in [5.74, 6) is 0.589. The second-order valence-electron chi connectivity index (χ2n) is 5.77. The highest BCUT2D eigenvalue weighted by atomic mass is 16.5. The van der Waals surface area contributed by atoms with Gasteiger partial charge in [-0.25, -0.2) is 9.67 Å². The molecule has 0 atom stereocenters. The molecule has 0 saturated carbocycles. The molecular weight excluding hydrogens is 332 g/mol. The molecule has 8 heteroatoms. The van der Waals surface area contributed by atoms with E-state index in [4.69, 9.17) is 4.74 Å². The first-order valence-electron chi connectivity index (χ1n) is 8.58. The summed E-state index contributed by atoms with van der Waals surface area (Å²) in [6.07, 6.45) is 6.21. The predicted molar refractivity (Wildman–Crippen MR) is 96.4 cm³/mol. The first-order chi connectivity index (χ1) is 12.7. The maximum Gasteiger partial charge on any atom is 0.271 e. The average Bonchev–Trinajstić information content (AvgIpc) is 3.29. The molecule has 0 unspecified atom stereocenters. The maximum absolute atomic E-state index is 12.6. The van der Waals surface area contributed by atoms with Crippen molar-refractivity contribution in [3.63, 3.8) is 0 Å². The van der Waals surface area contributed by atoms with E-state index in [2.05, 4.69) is 20.6 Å². The molecule has 3 rings (SSSR count). The molecule has 0 aliphatic carbocycles. The van der Waals surface area contributed by atoms with E-state index in [0.29, 0.717) is 24.5 Å². The third-order valence-electron chi connectivity index (χ3n) is 3.88. The monoisotopic (exact) mass is 354 g/mol. The van der Waals surface area contributed by atoms with Gasteiger partial charge in [-0.2, -0.15) is 0 Å². The summed E-state index contributed by atoms with van der Waals surface area (Å²) in [5.41, 5.74) is 1.79. The van der Waals surface area contributed by atoms with Gasteiger partial charge in [-0.05, 0) is 44.5 Å². The highest BCUT2D eigenvalue weighted by molar-refractivity contribution is 5.94. The number of rotatable bonds is 8. The number of carbonyl (C=O) groups excluding carboxylic acids is 1. The summed E-state index contributed by atoms with van der Waals surface area (Å²) in [6.45, 7) is 5.68. The number of imidazole rings is 1. The van der Waals surface area contributed by atoms with Gasteiger partial charge < -0.3 is 14.6 Å². The lowest BCUT2D eigenvalue weighted by molar-refractivity contribution is 0.0944. The Morgan fingerprint density at radius 3 is 2.77 bits per heavy atom. The van der Waals surface area contributed by atoms with Crippen LogP contribution < -0.4 is 10.1 Å². The molecule has 1 amide bonds. The van der Waals surface area contributed by atoms with E-state index in [1.54, 1.807) is 24.1 Å². The Labute approximate surface area is 151 Å². The Morgan fingerprint density at radius 1 is 1.27 bits per heavy atom. The van der Waals surface area contributed by atoms with Crippen LogP contribution in [-0.4, -0.2) is 43.6 Å². The zero-order valence-corrected chi connectivity index (χ0v) is 14.9. The van der Waals surface area contributed by atoms with E-state index in [-0.39, 0.29) is 5.91 Å². The minimum atomic E-state index is -0.188. The summed E-state index contributed by atoms with van der Waals surface area (Å²) in [4.78, 5) is 16.6. The average molecular weight is 354 g/mol. The minimum absolute atomic E-state index is 0.188. The fourth-order valence-corrected chi connectivity index (χ4v) is 2.61. The Balaban J connectivity index is 1.65. The van der Waals surface area contributed by atoms with Crippen LogP contribution in [-0.2, 0) is 6.54 Å². The zero-order chi connectivity index (χ0) is 18.4. The van der Waals surface area contributed by atoms with E-state index in [1.165, 1.54) is 0 Å². The normalized spacial score (nSPS) is 10.7. The van der Waals surface area contributed by atoms with Gasteiger partial charge in [-0.1, -0.05) is 5.21 Å². The Kier molecular flexibility index (Phi) is 5.62. The van der Waals surface area contributed by atoms with Crippen molar-refractivity contribution in [3.8, 4) is 11.4 Å². The van der Waals surface area contributed by atoms with Crippen molar-refractivity contribution < 1.29 is 9.53 Å². The smallest absolute Gasteiger partial charge is 0.271 e. The summed E-state index contributed by atoms with van der Waals surface area (Å²) in [5, 5.41) is 11.1. The number of aryl methyl sites for hydroxylation is 2. The lowest BCUT2D eigenvalue weighted by Crippen LogP contribution is -2.28. The van der Waals surface area contributed by atoms with E-state index >= 15 is 0 Å². The number of carbonyl (C=O) groups is 1. The molecule has 3 aromatic rings. The number of amides is 1. The molecule has 0 bridgehead atoms. The van der Waals surface area contributed by atoms with Crippen molar-refractivity contribution in [3.05, 3.63) is 54.4 Å². The molecule has 0 aliphatic rings. The summed E-state index contributed by atoms with van der Waals surface area (Å²) in [7, 11) is 0. The lowest BCUT2D eigenvalue weighted by atomic mass is 10.2. The van der Waals surface area contributed by atoms with E-state index in [1.807, 2.05) is 42.0 Å². The molecule has 0 aliphatic heterocycles. The SMILES string of the molecule is CCOc1ccc(-n2nnc(C)c2C(=O)NCCCn2ccnc2)cc1. The Morgan fingerprint density at radius 2 is 2.08 bits per heavy atom. The molecule has 0 spiro atoms. The van der Waals surface area contributed by atoms with E-state index < -0.39 is 0 Å². The third kappa shape index (κ3) is 4.08. The van der Waals surface area contributed by atoms with Gasteiger partial charge in [-0.3, -0.25) is 4.79 Å². The van der Waals surface area contributed by atoms with Gasteiger partial charge in [0.15, 0.2) is 5.69 Å². The molecule has 0 saturated heterocycles. The van der Waals surface area contributed by atoms with Gasteiger partial charge in [0.1, 0.15) is 5.75 Å². The molecule has 0 fully saturated rings. The van der Waals surface area contributed by atoms with Crippen molar-refractivity contribution in [1.82, 2.24) is 29.9 Å². The molecule has 26 heavy (non-hydrogen) atoms. The van der Waals surface area contributed by atoms with Crippen LogP contribution in [0.2, 0.25) is 0 Å². The fraction of sp³-hybridized carbons (Fsp3) is 0.333. The van der Waals surface area contributed by atoms with Crippen LogP contribution in [0.4, 0.5) is 0 Å². The van der Waals surface area contributed by atoms with Gasteiger partial charge >= 0.3 is 0 Å². The van der Waals surface area contributed by atoms with Crippen molar-refractivity contribution in [2.24, 2.45) is 0 Å². The van der Waals surface area contributed by atoms with Crippen LogP contribution in [0.25, 0.3) is 5.69 Å². The molecule has 8 nitrogen and oxygen atoms in total. The fourth-order valence-electron chi connectivity index (χ4n) is 2.61. The highest BCUT2D eigenvalue weighted by Gasteiger charge is 2.18. The van der Waals surface area contributed by atoms with Gasteiger partial charge in [0.05, 0.1) is 24.3 Å². The highest BCUT2D eigenvalue weighted by Crippen LogP contribution is 2.17. The topological polar surface area (TPSA) is 86.9 Å². The third-order valence-corrected chi connectivity index (χ3v) is 3.88. The largest absolute Gasteiger partial charge is 0.494 e. The van der Waals surface area contributed by atoms with Crippen LogP contribution in [0.1, 0.15) is 29.5 Å². The van der Waals surface area contributed by atoms with Crippen molar-refractivity contribution in [2.75, 3.05) is 13.2 Å². The second kappa shape index (κ2) is 8.28. The van der Waals surface area contributed by atoms with Crippen LogP contribution in [0, 0.1) is 6.92 Å². The summed E-state index contributed by atoms with van der Waals surface area (Å²) in [6, 6.07) is 7.41. The molecule has 1 N–H and O–H groups in total. The standard InChI is InChI=1S/C18H22N6O2/c1-3-26-16-7-5-15(6-8-16)24-17(14(2)21-22-24)18(25)20-9-4-11-23-12-10-19-13-23/h5-8,10,12-13H,3-4,9,11H2,1-2H3,(H,20,25). The number of benzene rings is 1. The van der Waals surface area contributed by atoms with Crippen molar-refractivity contribution >= 4 is 5.91 Å². The number of nitrogens with one attached hydrogen (secondary N) is 1. The van der Waals surface area contributed by atoms with Gasteiger partial charge in [0.25, 0.3) is 5.91 Å². The minimum Gasteiger partial charge on any atom is -0.494 e. The predicted octanol–water partition coefficient (Wildman–Crippen LogP) is 1.99. The van der Waals surface area contributed by atoms with Crippen molar-refractivity contribution in [1.29, 1.82) is 0 Å². The first-order valence-corrected chi connectivity index (χ1v) is 8.58. The van der Waals surface area contributed by atoms with Crippen LogP contribution in [0.5, 0.6) is 5.75 Å². The number of aromatic nitrogens is 5.